The van der Waals surface area contributed by atoms with Crippen LogP contribution in [-0.2, 0) is 4.79 Å². The maximum atomic E-state index is 12.2. The molecule has 2 aromatic carbocycles. The molecule has 2 aromatic rings. The number of carbonyl (C=O) groups is 1. The first kappa shape index (κ1) is 16.5. The number of amides is 1. The summed E-state index contributed by atoms with van der Waals surface area (Å²) in [5.74, 6) is -0.0924. The lowest BCUT2D eigenvalue weighted by Gasteiger charge is -2.07. The summed E-state index contributed by atoms with van der Waals surface area (Å²) < 4.78 is 0. The SMILES string of the molecule is Cc1ccc(N=C2NC(=O)/C(=C\c3c(C)cc(C)cc3C)S2)cc1. The van der Waals surface area contributed by atoms with Crippen molar-refractivity contribution >= 4 is 34.6 Å². The highest BCUT2D eigenvalue weighted by Gasteiger charge is 2.24. The molecule has 0 bridgehead atoms. The van der Waals surface area contributed by atoms with E-state index in [0.717, 1.165) is 11.3 Å². The predicted molar refractivity (Wildman–Crippen MR) is 103 cm³/mol. The Kier molecular flexibility index (Phi) is 4.58. The fourth-order valence-electron chi connectivity index (χ4n) is 2.77. The van der Waals surface area contributed by atoms with Crippen LogP contribution >= 0.6 is 11.8 Å². The third kappa shape index (κ3) is 3.60. The number of amidine groups is 1. The minimum absolute atomic E-state index is 0.0924. The molecule has 1 aliphatic rings. The van der Waals surface area contributed by atoms with Gasteiger partial charge in [-0.2, -0.15) is 0 Å². The van der Waals surface area contributed by atoms with Crippen LogP contribution in [0.15, 0.2) is 46.3 Å². The molecule has 0 aliphatic carbocycles. The van der Waals surface area contributed by atoms with Crippen molar-refractivity contribution in [1.82, 2.24) is 5.32 Å². The van der Waals surface area contributed by atoms with Crippen LogP contribution < -0.4 is 5.32 Å². The van der Waals surface area contributed by atoms with Crippen LogP contribution in [0.25, 0.3) is 6.08 Å². The monoisotopic (exact) mass is 336 g/mol. The number of nitrogens with zero attached hydrogens (tertiary/aromatic N) is 1. The van der Waals surface area contributed by atoms with Gasteiger partial charge in [0, 0.05) is 0 Å². The third-order valence-electron chi connectivity index (χ3n) is 3.93. The van der Waals surface area contributed by atoms with Crippen molar-refractivity contribution in [2.75, 3.05) is 0 Å². The summed E-state index contributed by atoms with van der Waals surface area (Å²) in [5.41, 5.74) is 6.72. The fraction of sp³-hybridized carbons (Fsp3) is 0.200. The van der Waals surface area contributed by atoms with Gasteiger partial charge in [0.2, 0.25) is 0 Å². The lowest BCUT2D eigenvalue weighted by atomic mass is 9.99. The summed E-state index contributed by atoms with van der Waals surface area (Å²) in [6, 6.07) is 12.2. The van der Waals surface area contributed by atoms with Gasteiger partial charge in [0.25, 0.3) is 5.91 Å². The van der Waals surface area contributed by atoms with Gasteiger partial charge >= 0.3 is 0 Å². The molecule has 1 fully saturated rings. The van der Waals surface area contributed by atoms with Crippen LogP contribution in [0.2, 0.25) is 0 Å². The van der Waals surface area contributed by atoms with E-state index in [0.29, 0.717) is 10.1 Å². The fourth-order valence-corrected chi connectivity index (χ4v) is 3.59. The van der Waals surface area contributed by atoms with E-state index in [1.165, 1.54) is 34.0 Å². The van der Waals surface area contributed by atoms with Gasteiger partial charge < -0.3 is 5.32 Å². The molecule has 0 aromatic heterocycles. The molecule has 122 valence electrons. The van der Waals surface area contributed by atoms with Gasteiger partial charge in [-0.3, -0.25) is 4.79 Å². The molecule has 4 heteroatoms. The van der Waals surface area contributed by atoms with E-state index in [-0.39, 0.29) is 5.91 Å². The highest BCUT2D eigenvalue weighted by molar-refractivity contribution is 8.18. The van der Waals surface area contributed by atoms with Gasteiger partial charge in [0.15, 0.2) is 5.17 Å². The number of hydrogen-bond donors (Lipinski definition) is 1. The normalized spacial score (nSPS) is 17.6. The van der Waals surface area contributed by atoms with E-state index in [4.69, 9.17) is 0 Å². The zero-order valence-corrected chi connectivity index (χ0v) is 15.1. The van der Waals surface area contributed by atoms with Crippen LogP contribution in [0.4, 0.5) is 5.69 Å². The smallest absolute Gasteiger partial charge is 0.264 e. The van der Waals surface area contributed by atoms with Crippen LogP contribution in [0.5, 0.6) is 0 Å². The van der Waals surface area contributed by atoms with Crippen LogP contribution in [-0.4, -0.2) is 11.1 Å². The molecule has 0 saturated carbocycles. The van der Waals surface area contributed by atoms with Crippen LogP contribution in [0, 0.1) is 27.7 Å². The Hall–Kier alpha value is -2.33. The van der Waals surface area contributed by atoms with Gasteiger partial charge in [-0.05, 0) is 74.4 Å². The number of aryl methyl sites for hydroxylation is 4. The molecule has 0 radical (unpaired) electrons. The number of nitrogens with one attached hydrogen (secondary N) is 1. The molecule has 3 nitrogen and oxygen atoms in total. The summed E-state index contributed by atoms with van der Waals surface area (Å²) in [4.78, 5) is 17.4. The molecule has 1 amide bonds. The molecule has 0 atom stereocenters. The van der Waals surface area contributed by atoms with Crippen LogP contribution in [0.3, 0.4) is 0 Å². The number of aliphatic imine (C=N–C) groups is 1. The first-order valence-electron chi connectivity index (χ1n) is 7.86. The summed E-state index contributed by atoms with van der Waals surface area (Å²) in [5, 5.41) is 3.47. The Bertz CT molecular complexity index is 841. The molecule has 0 unspecified atom stereocenters. The van der Waals surface area contributed by atoms with Gasteiger partial charge in [-0.15, -0.1) is 0 Å². The van der Waals surface area contributed by atoms with Crippen molar-refractivity contribution in [3.63, 3.8) is 0 Å². The first-order chi connectivity index (χ1) is 11.4. The van der Waals surface area contributed by atoms with Crippen molar-refractivity contribution in [2.45, 2.75) is 27.7 Å². The largest absolute Gasteiger partial charge is 0.300 e. The van der Waals surface area contributed by atoms with Gasteiger partial charge in [-0.25, -0.2) is 4.99 Å². The highest BCUT2D eigenvalue weighted by atomic mass is 32.2. The second-order valence-corrected chi connectivity index (χ2v) is 7.16. The van der Waals surface area contributed by atoms with Gasteiger partial charge in [0.1, 0.15) is 0 Å². The molecule has 1 aliphatic heterocycles. The second kappa shape index (κ2) is 6.65. The van der Waals surface area contributed by atoms with Crippen molar-refractivity contribution in [3.8, 4) is 0 Å². The number of rotatable bonds is 2. The maximum Gasteiger partial charge on any atom is 0.264 e. The molecule has 1 N–H and O–H groups in total. The van der Waals surface area contributed by atoms with Gasteiger partial charge in [-0.1, -0.05) is 35.4 Å². The lowest BCUT2D eigenvalue weighted by Crippen LogP contribution is -2.19. The van der Waals surface area contributed by atoms with E-state index < -0.39 is 0 Å². The summed E-state index contributed by atoms with van der Waals surface area (Å²) in [7, 11) is 0. The Morgan fingerprint density at radius 2 is 1.58 bits per heavy atom. The molecule has 0 spiro atoms. The maximum absolute atomic E-state index is 12.2. The minimum Gasteiger partial charge on any atom is -0.300 e. The zero-order chi connectivity index (χ0) is 17.3. The zero-order valence-electron chi connectivity index (χ0n) is 14.3. The van der Waals surface area contributed by atoms with E-state index in [1.54, 1.807) is 0 Å². The van der Waals surface area contributed by atoms with E-state index in [2.05, 4.69) is 43.2 Å². The van der Waals surface area contributed by atoms with Gasteiger partial charge in [0.05, 0.1) is 10.6 Å². The minimum atomic E-state index is -0.0924. The second-order valence-electron chi connectivity index (χ2n) is 6.13. The van der Waals surface area contributed by atoms with Crippen molar-refractivity contribution < 1.29 is 4.79 Å². The summed E-state index contributed by atoms with van der Waals surface area (Å²) in [6.45, 7) is 8.27. The molecule has 24 heavy (non-hydrogen) atoms. The average molecular weight is 336 g/mol. The number of carbonyl (C=O) groups excluding carboxylic acids is 1. The predicted octanol–water partition coefficient (Wildman–Crippen LogP) is 4.81. The molecule has 3 rings (SSSR count). The van der Waals surface area contributed by atoms with Crippen molar-refractivity contribution in [2.24, 2.45) is 4.99 Å². The number of benzene rings is 2. The van der Waals surface area contributed by atoms with Crippen LogP contribution in [0.1, 0.15) is 27.8 Å². The third-order valence-corrected chi connectivity index (χ3v) is 4.84. The van der Waals surface area contributed by atoms with Crippen molar-refractivity contribution in [1.29, 1.82) is 0 Å². The Labute approximate surface area is 146 Å². The molecule has 1 saturated heterocycles. The Balaban J connectivity index is 1.89. The topological polar surface area (TPSA) is 41.5 Å². The molecular formula is C20H20N2OS. The first-order valence-corrected chi connectivity index (χ1v) is 8.68. The number of thioether (sulfide) groups is 1. The number of hydrogen-bond acceptors (Lipinski definition) is 3. The quantitative estimate of drug-likeness (QED) is 0.800. The van der Waals surface area contributed by atoms with Crippen molar-refractivity contribution in [3.05, 3.63) is 69.1 Å². The summed E-state index contributed by atoms with van der Waals surface area (Å²) >= 11 is 1.38. The lowest BCUT2D eigenvalue weighted by molar-refractivity contribution is -0.115. The molecular weight excluding hydrogens is 316 g/mol. The average Bonchev–Trinajstić information content (AvgIpc) is 2.85. The Morgan fingerprint density at radius 3 is 2.21 bits per heavy atom. The van der Waals surface area contributed by atoms with E-state index in [9.17, 15) is 4.79 Å². The van der Waals surface area contributed by atoms with E-state index >= 15 is 0 Å². The molecule has 1 heterocycles. The van der Waals surface area contributed by atoms with E-state index in [1.807, 2.05) is 37.3 Å². The highest BCUT2D eigenvalue weighted by Crippen LogP contribution is 2.30. The Morgan fingerprint density at radius 1 is 0.958 bits per heavy atom. The standard InChI is InChI=1S/C20H20N2OS/c1-12-5-7-16(8-6-12)21-20-22-19(23)18(24-20)11-17-14(3)9-13(2)10-15(17)4/h5-11H,1-4H3,(H,21,22,23)/b18-11+. The summed E-state index contributed by atoms with van der Waals surface area (Å²) in [6.07, 6.45) is 1.96.